The van der Waals surface area contributed by atoms with Crippen molar-refractivity contribution in [2.75, 3.05) is 5.32 Å². The summed E-state index contributed by atoms with van der Waals surface area (Å²) in [5.74, 6) is 0. The molecule has 0 aliphatic heterocycles. The number of aromatic nitrogens is 1. The highest BCUT2D eigenvalue weighted by Gasteiger charge is 2.11. The molecule has 2 nitrogen and oxygen atoms in total. The highest BCUT2D eigenvalue weighted by atomic mass is 32.1. The van der Waals surface area contributed by atoms with Gasteiger partial charge in [0.2, 0.25) is 0 Å². The minimum absolute atomic E-state index is 0.379. The zero-order valence-electron chi connectivity index (χ0n) is 10.8. The molecule has 1 N–H and O–H groups in total. The number of rotatable bonds is 7. The molecule has 0 saturated carbocycles. The van der Waals surface area contributed by atoms with Crippen molar-refractivity contribution in [3.63, 3.8) is 0 Å². The molecular weight excluding hydrogens is 240 g/mol. The van der Waals surface area contributed by atoms with E-state index in [-0.39, 0.29) is 0 Å². The van der Waals surface area contributed by atoms with Gasteiger partial charge in [-0.05, 0) is 12.0 Å². The van der Waals surface area contributed by atoms with Crippen LogP contribution in [-0.2, 0) is 0 Å². The average Bonchev–Trinajstić information content (AvgIpc) is 2.92. The summed E-state index contributed by atoms with van der Waals surface area (Å²) >= 11 is 1.66. The number of unbranched alkanes of at least 4 members (excludes halogenated alkanes) is 2. The summed E-state index contributed by atoms with van der Waals surface area (Å²) in [5, 5.41) is 6.57. The van der Waals surface area contributed by atoms with E-state index in [2.05, 4.69) is 47.6 Å². The zero-order chi connectivity index (χ0) is 12.6. The fourth-order valence-corrected chi connectivity index (χ4v) is 2.63. The van der Waals surface area contributed by atoms with Gasteiger partial charge in [-0.15, -0.1) is 11.3 Å². The highest BCUT2D eigenvalue weighted by Crippen LogP contribution is 2.25. The molecule has 0 aliphatic carbocycles. The van der Waals surface area contributed by atoms with Gasteiger partial charge in [0.25, 0.3) is 0 Å². The highest BCUT2D eigenvalue weighted by molar-refractivity contribution is 7.13. The summed E-state index contributed by atoms with van der Waals surface area (Å²) < 4.78 is 0. The van der Waals surface area contributed by atoms with E-state index in [4.69, 9.17) is 0 Å². The van der Waals surface area contributed by atoms with E-state index in [9.17, 15) is 0 Å². The lowest BCUT2D eigenvalue weighted by Crippen LogP contribution is -2.10. The van der Waals surface area contributed by atoms with Crippen molar-refractivity contribution in [1.29, 1.82) is 0 Å². The van der Waals surface area contributed by atoms with Crippen molar-refractivity contribution in [3.05, 3.63) is 47.5 Å². The van der Waals surface area contributed by atoms with E-state index in [0.29, 0.717) is 6.04 Å². The molecule has 0 aliphatic rings. The summed E-state index contributed by atoms with van der Waals surface area (Å²) in [6.07, 6.45) is 6.83. The Kier molecular flexibility index (Phi) is 5.21. The Morgan fingerprint density at radius 2 is 2.06 bits per heavy atom. The summed E-state index contributed by atoms with van der Waals surface area (Å²) in [7, 11) is 0. The number of nitrogens with one attached hydrogen (secondary N) is 1. The van der Waals surface area contributed by atoms with Crippen molar-refractivity contribution in [3.8, 4) is 0 Å². The Hall–Kier alpha value is -1.35. The van der Waals surface area contributed by atoms with Crippen LogP contribution < -0.4 is 5.32 Å². The summed E-state index contributed by atoms with van der Waals surface area (Å²) in [4.78, 5) is 4.32. The molecule has 0 saturated heterocycles. The van der Waals surface area contributed by atoms with Crippen LogP contribution in [0.15, 0.2) is 41.9 Å². The third-order valence-electron chi connectivity index (χ3n) is 3.03. The Labute approximate surface area is 113 Å². The standard InChI is InChI=1S/C15H20N2S/c1-2-3-5-10-14(13-8-6-4-7-9-13)17-15-16-11-12-18-15/h4,6-9,11-12,14H,2-3,5,10H2,1H3,(H,16,17). The molecule has 1 aromatic carbocycles. The largest absolute Gasteiger partial charge is 0.355 e. The average molecular weight is 260 g/mol. The Morgan fingerprint density at radius 3 is 2.72 bits per heavy atom. The van der Waals surface area contributed by atoms with Gasteiger partial charge in [0, 0.05) is 11.6 Å². The molecule has 0 spiro atoms. The SMILES string of the molecule is CCCCCC(Nc1nccs1)c1ccccc1. The van der Waals surface area contributed by atoms with Crippen LogP contribution in [-0.4, -0.2) is 4.98 Å². The normalized spacial score (nSPS) is 12.3. The third kappa shape index (κ3) is 3.84. The fourth-order valence-electron chi connectivity index (χ4n) is 2.05. The van der Waals surface area contributed by atoms with Crippen LogP contribution in [0.3, 0.4) is 0 Å². The number of anilines is 1. The molecule has 0 amide bonds. The first kappa shape index (κ1) is 13.1. The lowest BCUT2D eigenvalue weighted by atomic mass is 10.0. The summed E-state index contributed by atoms with van der Waals surface area (Å²) in [5.41, 5.74) is 1.35. The van der Waals surface area contributed by atoms with Gasteiger partial charge in [-0.1, -0.05) is 56.5 Å². The second-order valence-corrected chi connectivity index (χ2v) is 5.34. The Balaban J connectivity index is 2.03. The maximum absolute atomic E-state index is 4.32. The van der Waals surface area contributed by atoms with Gasteiger partial charge >= 0.3 is 0 Å². The van der Waals surface area contributed by atoms with Gasteiger partial charge in [-0.3, -0.25) is 0 Å². The number of thiazole rings is 1. The van der Waals surface area contributed by atoms with Crippen LogP contribution in [0, 0.1) is 0 Å². The van der Waals surface area contributed by atoms with Crippen LogP contribution in [0.25, 0.3) is 0 Å². The number of nitrogens with zero attached hydrogens (tertiary/aromatic N) is 1. The smallest absolute Gasteiger partial charge is 0.183 e. The Morgan fingerprint density at radius 1 is 1.22 bits per heavy atom. The molecule has 1 aromatic heterocycles. The van der Waals surface area contributed by atoms with Crippen molar-refractivity contribution in [2.45, 2.75) is 38.6 Å². The maximum Gasteiger partial charge on any atom is 0.183 e. The van der Waals surface area contributed by atoms with E-state index in [1.165, 1.54) is 24.8 Å². The maximum atomic E-state index is 4.32. The first-order valence-corrected chi connectivity index (χ1v) is 7.49. The number of benzene rings is 1. The van der Waals surface area contributed by atoms with Gasteiger partial charge in [0.1, 0.15) is 0 Å². The minimum Gasteiger partial charge on any atom is -0.355 e. The van der Waals surface area contributed by atoms with Gasteiger partial charge in [0.05, 0.1) is 6.04 Å². The molecule has 18 heavy (non-hydrogen) atoms. The van der Waals surface area contributed by atoms with Crippen LogP contribution in [0.4, 0.5) is 5.13 Å². The summed E-state index contributed by atoms with van der Waals surface area (Å²) in [6.45, 7) is 2.24. The van der Waals surface area contributed by atoms with E-state index in [0.717, 1.165) is 11.6 Å². The molecule has 3 heteroatoms. The molecule has 0 radical (unpaired) electrons. The number of hydrogen-bond acceptors (Lipinski definition) is 3. The van der Waals surface area contributed by atoms with Crippen molar-refractivity contribution in [2.24, 2.45) is 0 Å². The van der Waals surface area contributed by atoms with Crippen LogP contribution in [0.2, 0.25) is 0 Å². The fraction of sp³-hybridized carbons (Fsp3) is 0.400. The van der Waals surface area contributed by atoms with Gasteiger partial charge in [-0.25, -0.2) is 4.98 Å². The predicted molar refractivity (Wildman–Crippen MR) is 79.1 cm³/mol. The van der Waals surface area contributed by atoms with Crippen LogP contribution >= 0.6 is 11.3 Å². The molecule has 2 aromatic rings. The molecule has 1 unspecified atom stereocenters. The molecular formula is C15H20N2S. The van der Waals surface area contributed by atoms with E-state index in [1.54, 1.807) is 11.3 Å². The quantitative estimate of drug-likeness (QED) is 0.718. The van der Waals surface area contributed by atoms with Crippen LogP contribution in [0.5, 0.6) is 0 Å². The Bertz CT molecular complexity index is 425. The zero-order valence-corrected chi connectivity index (χ0v) is 11.6. The van der Waals surface area contributed by atoms with Crippen molar-refractivity contribution < 1.29 is 0 Å². The van der Waals surface area contributed by atoms with Gasteiger partial charge < -0.3 is 5.32 Å². The lowest BCUT2D eigenvalue weighted by molar-refractivity contribution is 0.606. The topological polar surface area (TPSA) is 24.9 Å². The molecule has 1 heterocycles. The first-order valence-electron chi connectivity index (χ1n) is 6.61. The van der Waals surface area contributed by atoms with E-state index < -0.39 is 0 Å². The second kappa shape index (κ2) is 7.17. The van der Waals surface area contributed by atoms with Crippen LogP contribution in [0.1, 0.15) is 44.2 Å². The monoisotopic (exact) mass is 260 g/mol. The molecule has 0 fully saturated rings. The van der Waals surface area contributed by atoms with Crippen molar-refractivity contribution in [1.82, 2.24) is 4.98 Å². The molecule has 2 rings (SSSR count). The van der Waals surface area contributed by atoms with E-state index in [1.807, 2.05) is 11.6 Å². The van der Waals surface area contributed by atoms with Crippen molar-refractivity contribution >= 4 is 16.5 Å². The lowest BCUT2D eigenvalue weighted by Gasteiger charge is -2.18. The van der Waals surface area contributed by atoms with E-state index >= 15 is 0 Å². The molecule has 0 bridgehead atoms. The van der Waals surface area contributed by atoms with Gasteiger partial charge in [-0.2, -0.15) is 0 Å². The summed E-state index contributed by atoms with van der Waals surface area (Å²) in [6, 6.07) is 11.0. The first-order chi connectivity index (χ1) is 8.90. The third-order valence-corrected chi connectivity index (χ3v) is 3.73. The minimum atomic E-state index is 0.379. The van der Waals surface area contributed by atoms with Gasteiger partial charge in [0.15, 0.2) is 5.13 Å². The predicted octanol–water partition coefficient (Wildman–Crippen LogP) is 4.88. The number of hydrogen-bond donors (Lipinski definition) is 1. The second-order valence-electron chi connectivity index (χ2n) is 4.44. The molecule has 96 valence electrons. The molecule has 1 atom stereocenters.